The molecule has 5 nitrogen and oxygen atoms in total. The van der Waals surface area contributed by atoms with E-state index in [2.05, 4.69) is 0 Å². The van der Waals surface area contributed by atoms with Gasteiger partial charge in [-0.25, -0.2) is 4.79 Å². The molecular formula is C11H22N2O3. The standard InChI is InChI=1S/C11H22N2O3/c1-8-7-15-9(5-12)6-13(8)10(14)16-11(2,3)4/h8-9H,5-7,12H2,1-4H3/t8?,9-/m0/s1. The fourth-order valence-electron chi connectivity index (χ4n) is 1.53. The first-order chi connectivity index (χ1) is 7.33. The van der Waals surface area contributed by atoms with Crippen molar-refractivity contribution in [1.29, 1.82) is 0 Å². The minimum absolute atomic E-state index is 0.0395. The summed E-state index contributed by atoms with van der Waals surface area (Å²) in [6.07, 6.45) is -0.370. The van der Waals surface area contributed by atoms with Gasteiger partial charge in [-0.3, -0.25) is 0 Å². The molecule has 1 aliphatic heterocycles. The monoisotopic (exact) mass is 230 g/mol. The topological polar surface area (TPSA) is 64.8 Å². The average Bonchev–Trinajstić information content (AvgIpc) is 2.15. The van der Waals surface area contributed by atoms with E-state index in [0.29, 0.717) is 19.7 Å². The molecule has 1 fully saturated rings. The highest BCUT2D eigenvalue weighted by atomic mass is 16.6. The molecule has 2 N–H and O–H groups in total. The number of ether oxygens (including phenoxy) is 2. The summed E-state index contributed by atoms with van der Waals surface area (Å²) in [5, 5.41) is 0. The number of amides is 1. The highest BCUT2D eigenvalue weighted by Gasteiger charge is 2.31. The van der Waals surface area contributed by atoms with Crippen LogP contribution in [0.3, 0.4) is 0 Å². The summed E-state index contributed by atoms with van der Waals surface area (Å²) in [4.78, 5) is 13.6. The van der Waals surface area contributed by atoms with Gasteiger partial charge in [-0.2, -0.15) is 0 Å². The number of carbonyl (C=O) groups is 1. The average molecular weight is 230 g/mol. The lowest BCUT2D eigenvalue weighted by Crippen LogP contribution is -2.54. The van der Waals surface area contributed by atoms with Crippen molar-refractivity contribution in [2.24, 2.45) is 5.73 Å². The third kappa shape index (κ3) is 3.64. The minimum Gasteiger partial charge on any atom is -0.444 e. The van der Waals surface area contributed by atoms with Crippen LogP contribution in [0.5, 0.6) is 0 Å². The van der Waals surface area contributed by atoms with Crippen molar-refractivity contribution in [2.45, 2.75) is 45.4 Å². The van der Waals surface area contributed by atoms with Gasteiger partial charge in [0.25, 0.3) is 0 Å². The van der Waals surface area contributed by atoms with E-state index >= 15 is 0 Å². The molecule has 1 aliphatic rings. The van der Waals surface area contributed by atoms with E-state index in [9.17, 15) is 4.79 Å². The van der Waals surface area contributed by atoms with Crippen LogP contribution in [0.25, 0.3) is 0 Å². The molecule has 0 spiro atoms. The van der Waals surface area contributed by atoms with Crippen LogP contribution >= 0.6 is 0 Å². The highest BCUT2D eigenvalue weighted by Crippen LogP contribution is 2.16. The van der Waals surface area contributed by atoms with Crippen LogP contribution in [-0.2, 0) is 9.47 Å². The molecule has 0 aromatic heterocycles. The Hall–Kier alpha value is -0.810. The number of carbonyl (C=O) groups excluding carboxylic acids is 1. The first kappa shape index (κ1) is 13.3. The Balaban J connectivity index is 2.59. The quantitative estimate of drug-likeness (QED) is 0.729. The van der Waals surface area contributed by atoms with Gasteiger partial charge < -0.3 is 20.1 Å². The Bertz CT molecular complexity index is 250. The van der Waals surface area contributed by atoms with Crippen molar-refractivity contribution in [3.63, 3.8) is 0 Å². The maximum atomic E-state index is 11.9. The van der Waals surface area contributed by atoms with Gasteiger partial charge in [-0.05, 0) is 27.7 Å². The van der Waals surface area contributed by atoms with Crippen molar-refractivity contribution in [2.75, 3.05) is 19.7 Å². The van der Waals surface area contributed by atoms with Crippen molar-refractivity contribution >= 4 is 6.09 Å². The summed E-state index contributed by atoms with van der Waals surface area (Å²) < 4.78 is 10.8. The smallest absolute Gasteiger partial charge is 0.410 e. The Morgan fingerprint density at radius 2 is 2.19 bits per heavy atom. The van der Waals surface area contributed by atoms with E-state index < -0.39 is 5.60 Å². The molecule has 1 heterocycles. The number of hydrogen-bond donors (Lipinski definition) is 1. The van der Waals surface area contributed by atoms with Crippen LogP contribution in [0.1, 0.15) is 27.7 Å². The number of nitrogens with two attached hydrogens (primary N) is 1. The van der Waals surface area contributed by atoms with Gasteiger partial charge in [0, 0.05) is 6.54 Å². The molecule has 5 heteroatoms. The van der Waals surface area contributed by atoms with E-state index in [4.69, 9.17) is 15.2 Å². The zero-order chi connectivity index (χ0) is 12.3. The van der Waals surface area contributed by atoms with Crippen LogP contribution in [0.15, 0.2) is 0 Å². The lowest BCUT2D eigenvalue weighted by Gasteiger charge is -2.38. The van der Waals surface area contributed by atoms with Crippen LogP contribution in [0.4, 0.5) is 4.79 Å². The summed E-state index contributed by atoms with van der Waals surface area (Å²) in [7, 11) is 0. The summed E-state index contributed by atoms with van der Waals surface area (Å²) in [6, 6.07) is 0.0395. The molecule has 16 heavy (non-hydrogen) atoms. The Labute approximate surface area is 96.9 Å². The fourth-order valence-corrected chi connectivity index (χ4v) is 1.53. The normalized spacial score (nSPS) is 26.7. The van der Waals surface area contributed by atoms with Crippen LogP contribution in [0, 0.1) is 0 Å². The predicted octanol–water partition coefficient (Wildman–Crippen LogP) is 0.969. The molecule has 1 unspecified atom stereocenters. The fraction of sp³-hybridized carbons (Fsp3) is 0.909. The zero-order valence-electron chi connectivity index (χ0n) is 10.5. The van der Waals surface area contributed by atoms with E-state index in [0.717, 1.165) is 0 Å². The second kappa shape index (κ2) is 5.01. The molecule has 0 aliphatic carbocycles. The molecule has 1 saturated heterocycles. The number of morpholine rings is 1. The first-order valence-electron chi connectivity index (χ1n) is 5.65. The Kier molecular flexibility index (Phi) is 4.15. The lowest BCUT2D eigenvalue weighted by atomic mass is 10.2. The van der Waals surface area contributed by atoms with Gasteiger partial charge in [-0.1, -0.05) is 0 Å². The van der Waals surface area contributed by atoms with Crippen LogP contribution in [0.2, 0.25) is 0 Å². The maximum absolute atomic E-state index is 11.9. The molecule has 0 aromatic carbocycles. The zero-order valence-corrected chi connectivity index (χ0v) is 10.5. The summed E-state index contributed by atoms with van der Waals surface area (Å²) >= 11 is 0. The second-order valence-corrected chi connectivity index (χ2v) is 5.17. The molecule has 0 aromatic rings. The predicted molar refractivity (Wildman–Crippen MR) is 61.2 cm³/mol. The number of nitrogens with zero attached hydrogens (tertiary/aromatic N) is 1. The van der Waals surface area contributed by atoms with E-state index in [1.165, 1.54) is 0 Å². The largest absolute Gasteiger partial charge is 0.444 e. The van der Waals surface area contributed by atoms with Crippen molar-refractivity contribution < 1.29 is 14.3 Å². The van der Waals surface area contributed by atoms with Gasteiger partial charge >= 0.3 is 6.09 Å². The van der Waals surface area contributed by atoms with Crippen molar-refractivity contribution in [3.8, 4) is 0 Å². The Morgan fingerprint density at radius 1 is 1.56 bits per heavy atom. The molecule has 1 rings (SSSR count). The minimum atomic E-state index is -0.465. The number of rotatable bonds is 1. The van der Waals surface area contributed by atoms with Crippen LogP contribution in [-0.4, -0.2) is 48.4 Å². The van der Waals surface area contributed by atoms with Gasteiger partial charge in [-0.15, -0.1) is 0 Å². The summed E-state index contributed by atoms with van der Waals surface area (Å²) in [6.45, 7) is 8.96. The summed E-state index contributed by atoms with van der Waals surface area (Å²) in [5.41, 5.74) is 5.07. The van der Waals surface area contributed by atoms with Crippen LogP contribution < -0.4 is 5.73 Å². The molecule has 2 atom stereocenters. The molecular weight excluding hydrogens is 208 g/mol. The van der Waals surface area contributed by atoms with Crippen molar-refractivity contribution in [3.05, 3.63) is 0 Å². The van der Waals surface area contributed by atoms with E-state index in [-0.39, 0.29) is 18.2 Å². The summed E-state index contributed by atoms with van der Waals surface area (Å²) in [5.74, 6) is 0. The van der Waals surface area contributed by atoms with E-state index in [1.54, 1.807) is 4.90 Å². The molecule has 94 valence electrons. The molecule has 0 radical (unpaired) electrons. The molecule has 1 amide bonds. The lowest BCUT2D eigenvalue weighted by molar-refractivity contribution is -0.0617. The maximum Gasteiger partial charge on any atom is 0.410 e. The molecule has 0 saturated carbocycles. The second-order valence-electron chi connectivity index (χ2n) is 5.17. The van der Waals surface area contributed by atoms with Gasteiger partial charge in [0.1, 0.15) is 5.60 Å². The van der Waals surface area contributed by atoms with Gasteiger partial charge in [0.2, 0.25) is 0 Å². The van der Waals surface area contributed by atoms with Gasteiger partial charge in [0.05, 0.1) is 25.3 Å². The third-order valence-electron chi connectivity index (χ3n) is 2.40. The highest BCUT2D eigenvalue weighted by molar-refractivity contribution is 5.68. The first-order valence-corrected chi connectivity index (χ1v) is 5.65. The Morgan fingerprint density at radius 3 is 2.69 bits per heavy atom. The third-order valence-corrected chi connectivity index (χ3v) is 2.40. The van der Waals surface area contributed by atoms with E-state index in [1.807, 2.05) is 27.7 Å². The SMILES string of the molecule is CC1CO[C@@H](CN)CN1C(=O)OC(C)(C)C. The van der Waals surface area contributed by atoms with Crippen molar-refractivity contribution in [1.82, 2.24) is 4.90 Å². The number of hydrogen-bond acceptors (Lipinski definition) is 4. The van der Waals surface area contributed by atoms with Gasteiger partial charge in [0.15, 0.2) is 0 Å². The molecule has 0 bridgehead atoms.